The number of sulfone groups is 1. The summed E-state index contributed by atoms with van der Waals surface area (Å²) in [6.45, 7) is 0. The van der Waals surface area contributed by atoms with Gasteiger partial charge in [0.05, 0.1) is 5.97 Å². The first-order valence-corrected chi connectivity index (χ1v) is 13.8. The van der Waals surface area contributed by atoms with Gasteiger partial charge in [-0.05, 0) is 22.4 Å². The third-order valence-electron chi connectivity index (χ3n) is 4.54. The van der Waals surface area contributed by atoms with Crippen molar-refractivity contribution in [2.75, 3.05) is 0 Å². The van der Waals surface area contributed by atoms with Crippen LogP contribution in [0.15, 0.2) is 101 Å². The summed E-state index contributed by atoms with van der Waals surface area (Å²) >= 11 is -1.05. The van der Waals surface area contributed by atoms with Crippen LogP contribution in [-0.2, 0) is 9.84 Å². The molecule has 0 atom stereocenters. The molecule has 2 radical (unpaired) electrons. The zero-order valence-electron chi connectivity index (χ0n) is 15.1. The van der Waals surface area contributed by atoms with Crippen molar-refractivity contribution >= 4 is 56.4 Å². The summed E-state index contributed by atoms with van der Waals surface area (Å²) < 4.78 is 26.8. The zero-order valence-corrected chi connectivity index (χ0v) is 19.4. The second kappa shape index (κ2) is 8.05. The summed E-state index contributed by atoms with van der Waals surface area (Å²) in [7, 11) is -3.26. The average molecular weight is 596 g/mol. The molecule has 4 aromatic rings. The molecule has 0 aromatic heterocycles. The van der Waals surface area contributed by atoms with Gasteiger partial charge in [0.15, 0.2) is 0 Å². The molecule has 0 spiro atoms. The number of rotatable bonds is 1. The first kappa shape index (κ1) is 19.7. The molecular weight excluding hydrogens is 581 g/mol. The standard InChI is InChI=1S/C12H8O2S.C11H8O2.Bi/c13-15(14,11-7-3-1-4-8-11)12-9-5-2-6-10-12;12-11(13)10-6-5-8-3-1-2-4-9(8)7-10;/h1-7,9H;1-7H,(H,12,13);/q;;+1/p-1. The molecule has 142 valence electrons. The van der Waals surface area contributed by atoms with Gasteiger partial charge in [0.1, 0.15) is 0 Å². The third-order valence-corrected chi connectivity index (χ3v) is 12.5. The zero-order chi connectivity index (χ0) is 20.4. The predicted molar refractivity (Wildman–Crippen MR) is 112 cm³/mol. The molecule has 0 unspecified atom stereocenters. The molecule has 0 aliphatic carbocycles. The second-order valence-electron chi connectivity index (χ2n) is 6.40. The molecule has 0 N–H and O–H groups in total. The van der Waals surface area contributed by atoms with Crippen LogP contribution in [0.2, 0.25) is 0 Å². The van der Waals surface area contributed by atoms with Crippen LogP contribution in [0, 0.1) is 0 Å². The summed E-state index contributed by atoms with van der Waals surface area (Å²) in [4.78, 5) is 11.6. The van der Waals surface area contributed by atoms with Crippen LogP contribution in [0.5, 0.6) is 0 Å². The molecule has 0 amide bonds. The molecule has 0 saturated heterocycles. The van der Waals surface area contributed by atoms with Gasteiger partial charge >= 0.3 is 106 Å². The fourth-order valence-corrected chi connectivity index (χ4v) is 11.9. The van der Waals surface area contributed by atoms with Gasteiger partial charge in [-0.3, -0.25) is 0 Å². The van der Waals surface area contributed by atoms with Crippen LogP contribution in [0.25, 0.3) is 10.8 Å². The Labute approximate surface area is 180 Å². The van der Waals surface area contributed by atoms with E-state index in [4.69, 9.17) is 0 Å². The summed E-state index contributed by atoms with van der Waals surface area (Å²) in [6, 6.07) is 27.4. The van der Waals surface area contributed by atoms with E-state index in [0.717, 1.165) is 17.3 Å². The van der Waals surface area contributed by atoms with Crippen LogP contribution in [0.4, 0.5) is 0 Å². The average Bonchev–Trinajstić information content (AvgIpc) is 2.74. The van der Waals surface area contributed by atoms with E-state index in [9.17, 15) is 18.3 Å². The summed E-state index contributed by atoms with van der Waals surface area (Å²) in [6.07, 6.45) is 0. The van der Waals surface area contributed by atoms with Gasteiger partial charge in [0, 0.05) is 0 Å². The van der Waals surface area contributed by atoms with Crippen LogP contribution in [-0.4, -0.2) is 37.6 Å². The Kier molecular flexibility index (Phi) is 5.48. The Morgan fingerprint density at radius 2 is 1.21 bits per heavy atom. The number of carboxylic acids is 1. The molecule has 4 aromatic carbocycles. The van der Waals surface area contributed by atoms with Gasteiger partial charge in [-0.1, -0.05) is 36.4 Å². The molecular formula is C23H15BiO4S. The minimum absolute atomic E-state index is 0.221. The Bertz CT molecular complexity index is 1280. The molecule has 1 aliphatic heterocycles. The maximum absolute atomic E-state index is 12.3. The second-order valence-corrected chi connectivity index (χ2v) is 12.9. The van der Waals surface area contributed by atoms with Gasteiger partial charge < -0.3 is 9.90 Å². The van der Waals surface area contributed by atoms with Crippen molar-refractivity contribution in [2.45, 2.75) is 9.79 Å². The fourth-order valence-electron chi connectivity index (χ4n) is 3.12. The van der Waals surface area contributed by atoms with Crippen LogP contribution in [0.3, 0.4) is 0 Å². The maximum atomic E-state index is 12.3. The molecule has 6 heteroatoms. The number of benzene rings is 4. The van der Waals surface area contributed by atoms with E-state index >= 15 is 0 Å². The van der Waals surface area contributed by atoms with Crippen molar-refractivity contribution in [3.05, 3.63) is 96.6 Å². The molecule has 29 heavy (non-hydrogen) atoms. The van der Waals surface area contributed by atoms with E-state index in [1.165, 1.54) is 0 Å². The quantitative estimate of drug-likeness (QED) is 0.277. The van der Waals surface area contributed by atoms with Crippen LogP contribution in [0.1, 0.15) is 10.4 Å². The van der Waals surface area contributed by atoms with Crippen LogP contribution < -0.4 is 11.6 Å². The first-order chi connectivity index (χ1) is 14.0. The van der Waals surface area contributed by atoms with Crippen LogP contribution >= 0.6 is 0 Å². The molecule has 4 nitrogen and oxygen atoms in total. The fraction of sp³-hybridized carbons (Fsp3) is 0. The topological polar surface area (TPSA) is 74.3 Å². The van der Waals surface area contributed by atoms with E-state index in [1.54, 1.807) is 42.5 Å². The van der Waals surface area contributed by atoms with E-state index in [2.05, 4.69) is 0 Å². The van der Waals surface area contributed by atoms with E-state index in [0.29, 0.717) is 9.79 Å². The normalized spacial score (nSPS) is 13.5. The number of hydrogen-bond donors (Lipinski definition) is 0. The number of aromatic carboxylic acids is 1. The first-order valence-electron chi connectivity index (χ1n) is 8.82. The van der Waals surface area contributed by atoms with Gasteiger partial charge in [0.2, 0.25) is 0 Å². The Morgan fingerprint density at radius 3 is 1.79 bits per heavy atom. The van der Waals surface area contributed by atoms with E-state index < -0.39 is 39.0 Å². The van der Waals surface area contributed by atoms with Crippen molar-refractivity contribution < 1.29 is 18.3 Å². The van der Waals surface area contributed by atoms with Gasteiger partial charge in [-0.15, -0.1) is 0 Å². The summed E-state index contributed by atoms with van der Waals surface area (Å²) in [5.41, 5.74) is 0.221. The molecule has 1 aliphatic rings. The van der Waals surface area contributed by atoms with Crippen molar-refractivity contribution in [3.63, 3.8) is 0 Å². The number of carbonyl (C=O) groups is 1. The number of carboxylic acid groups (broad SMARTS) is 1. The van der Waals surface area contributed by atoms with Crippen molar-refractivity contribution in [1.29, 1.82) is 0 Å². The summed E-state index contributed by atoms with van der Waals surface area (Å²) in [5.74, 6) is -1.13. The van der Waals surface area contributed by atoms with Crippen molar-refractivity contribution in [1.82, 2.24) is 0 Å². The predicted octanol–water partition coefficient (Wildman–Crippen LogP) is 1.69. The Hall–Kier alpha value is -2.56. The molecule has 0 saturated carbocycles. The molecule has 0 fully saturated rings. The van der Waals surface area contributed by atoms with Gasteiger partial charge in [0.25, 0.3) is 0 Å². The number of fused-ring (bicyclic) bond motifs is 3. The van der Waals surface area contributed by atoms with Gasteiger partial charge in [-0.25, -0.2) is 0 Å². The minimum atomic E-state index is -3.26. The monoisotopic (exact) mass is 596 g/mol. The van der Waals surface area contributed by atoms with Gasteiger partial charge in [-0.2, -0.15) is 0 Å². The SMILES string of the molecule is O=C([O-])c1ccc2ccccc2c1.O=S1(=O)c2cccc[c]2[Bi+][c]2ccccc21. The van der Waals surface area contributed by atoms with Crippen molar-refractivity contribution in [2.24, 2.45) is 0 Å². The number of carbonyl (C=O) groups excluding carboxylic acids is 1. The number of hydrogen-bond acceptors (Lipinski definition) is 4. The summed E-state index contributed by atoms with van der Waals surface area (Å²) in [5, 5.41) is 12.5. The molecule has 1 heterocycles. The molecule has 5 rings (SSSR count). The van der Waals surface area contributed by atoms with E-state index in [1.807, 2.05) is 48.5 Å². The Balaban J connectivity index is 0.000000145. The third kappa shape index (κ3) is 3.96. The van der Waals surface area contributed by atoms with Crippen molar-refractivity contribution in [3.8, 4) is 0 Å². The molecule has 0 bridgehead atoms. The Morgan fingerprint density at radius 1 is 0.690 bits per heavy atom. The van der Waals surface area contributed by atoms with E-state index in [-0.39, 0.29) is 5.56 Å².